The van der Waals surface area contributed by atoms with Gasteiger partial charge < -0.3 is 11.1 Å². The molecule has 1 aliphatic rings. The number of hydrogen-bond acceptors (Lipinski definition) is 3. The Morgan fingerprint density at radius 3 is 2.81 bits per heavy atom. The van der Waals surface area contributed by atoms with E-state index in [9.17, 15) is 4.79 Å². The number of carbonyl (C=O) groups excluding carboxylic acids is 1. The van der Waals surface area contributed by atoms with Gasteiger partial charge in [0.15, 0.2) is 0 Å². The Labute approximate surface area is 98.6 Å². The second-order valence-corrected chi connectivity index (χ2v) is 4.61. The SMILES string of the molecule is CCNC(=O)CN1CCC(CC)CC1CN. The van der Waals surface area contributed by atoms with Gasteiger partial charge in [0.1, 0.15) is 0 Å². The summed E-state index contributed by atoms with van der Waals surface area (Å²) >= 11 is 0. The molecular formula is C12H25N3O. The second kappa shape index (κ2) is 6.86. The van der Waals surface area contributed by atoms with Crippen molar-refractivity contribution < 1.29 is 4.79 Å². The second-order valence-electron chi connectivity index (χ2n) is 4.61. The molecule has 2 unspecified atom stereocenters. The molecule has 0 aromatic carbocycles. The maximum Gasteiger partial charge on any atom is 0.234 e. The van der Waals surface area contributed by atoms with Gasteiger partial charge in [-0.3, -0.25) is 9.69 Å². The van der Waals surface area contributed by atoms with Crippen LogP contribution in [-0.2, 0) is 4.79 Å². The Morgan fingerprint density at radius 2 is 2.25 bits per heavy atom. The van der Waals surface area contributed by atoms with Crippen LogP contribution in [0, 0.1) is 5.92 Å². The zero-order valence-electron chi connectivity index (χ0n) is 10.5. The Balaban J connectivity index is 2.43. The van der Waals surface area contributed by atoms with Gasteiger partial charge in [-0.15, -0.1) is 0 Å². The van der Waals surface area contributed by atoms with Crippen molar-refractivity contribution in [3.05, 3.63) is 0 Å². The number of likely N-dealkylation sites (N-methyl/N-ethyl adjacent to an activating group) is 1. The fourth-order valence-corrected chi connectivity index (χ4v) is 2.44. The standard InChI is InChI=1S/C12H25N3O/c1-3-10-5-6-15(11(7-10)8-13)9-12(16)14-4-2/h10-11H,3-9,13H2,1-2H3,(H,14,16). The van der Waals surface area contributed by atoms with E-state index in [-0.39, 0.29) is 5.91 Å². The van der Waals surface area contributed by atoms with Crippen molar-refractivity contribution in [3.8, 4) is 0 Å². The number of carbonyl (C=O) groups is 1. The maximum atomic E-state index is 11.5. The summed E-state index contributed by atoms with van der Waals surface area (Å²) in [5.74, 6) is 0.912. The number of nitrogens with two attached hydrogens (primary N) is 1. The molecule has 1 saturated heterocycles. The van der Waals surface area contributed by atoms with Crippen LogP contribution in [0.3, 0.4) is 0 Å². The van der Waals surface area contributed by atoms with Crippen molar-refractivity contribution in [2.75, 3.05) is 26.2 Å². The van der Waals surface area contributed by atoms with Crippen molar-refractivity contribution in [1.82, 2.24) is 10.2 Å². The molecular weight excluding hydrogens is 202 g/mol. The minimum absolute atomic E-state index is 0.121. The summed E-state index contributed by atoms with van der Waals surface area (Å²) in [5.41, 5.74) is 5.79. The highest BCUT2D eigenvalue weighted by molar-refractivity contribution is 5.77. The first-order valence-corrected chi connectivity index (χ1v) is 6.42. The number of rotatable bonds is 5. The van der Waals surface area contributed by atoms with E-state index in [0.29, 0.717) is 25.7 Å². The molecule has 0 saturated carbocycles. The number of nitrogens with zero attached hydrogens (tertiary/aromatic N) is 1. The largest absolute Gasteiger partial charge is 0.355 e. The lowest BCUT2D eigenvalue weighted by molar-refractivity contribution is -0.123. The molecule has 3 N–H and O–H groups in total. The summed E-state index contributed by atoms with van der Waals surface area (Å²) in [6, 6.07) is 0.390. The molecule has 0 aliphatic carbocycles. The van der Waals surface area contributed by atoms with Gasteiger partial charge in [-0.2, -0.15) is 0 Å². The van der Waals surface area contributed by atoms with Crippen LogP contribution in [0.1, 0.15) is 33.1 Å². The molecule has 1 fully saturated rings. The van der Waals surface area contributed by atoms with Gasteiger partial charge >= 0.3 is 0 Å². The molecule has 2 atom stereocenters. The lowest BCUT2D eigenvalue weighted by Crippen LogP contribution is -2.50. The predicted octanol–water partition coefficient (Wildman–Crippen LogP) is 0.572. The van der Waals surface area contributed by atoms with Gasteiger partial charge in [-0.25, -0.2) is 0 Å². The first-order valence-electron chi connectivity index (χ1n) is 6.42. The van der Waals surface area contributed by atoms with Crippen molar-refractivity contribution in [2.45, 2.75) is 39.2 Å². The van der Waals surface area contributed by atoms with Crippen LogP contribution in [0.15, 0.2) is 0 Å². The molecule has 4 nitrogen and oxygen atoms in total. The van der Waals surface area contributed by atoms with Crippen LogP contribution in [-0.4, -0.2) is 43.0 Å². The van der Waals surface area contributed by atoms with Crippen molar-refractivity contribution in [3.63, 3.8) is 0 Å². The highest BCUT2D eigenvalue weighted by atomic mass is 16.2. The number of hydrogen-bond donors (Lipinski definition) is 2. The van der Waals surface area contributed by atoms with E-state index in [2.05, 4.69) is 17.1 Å². The minimum atomic E-state index is 0.121. The monoisotopic (exact) mass is 227 g/mol. The molecule has 1 heterocycles. The molecule has 16 heavy (non-hydrogen) atoms. The normalized spacial score (nSPS) is 26.7. The third-order valence-corrected chi connectivity index (χ3v) is 3.52. The van der Waals surface area contributed by atoms with Crippen LogP contribution in [0.5, 0.6) is 0 Å². The Kier molecular flexibility index (Phi) is 5.77. The summed E-state index contributed by atoms with van der Waals surface area (Å²) in [7, 11) is 0. The molecule has 1 rings (SSSR count). The van der Waals surface area contributed by atoms with Crippen LogP contribution < -0.4 is 11.1 Å². The van der Waals surface area contributed by atoms with Crippen molar-refractivity contribution in [2.24, 2.45) is 11.7 Å². The topological polar surface area (TPSA) is 58.4 Å². The summed E-state index contributed by atoms with van der Waals surface area (Å²) in [6.45, 7) is 7.07. The summed E-state index contributed by atoms with van der Waals surface area (Å²) < 4.78 is 0. The van der Waals surface area contributed by atoms with Crippen molar-refractivity contribution in [1.29, 1.82) is 0 Å². The van der Waals surface area contributed by atoms with Gasteiger partial charge in [-0.1, -0.05) is 13.3 Å². The lowest BCUT2D eigenvalue weighted by Gasteiger charge is -2.38. The molecule has 0 radical (unpaired) electrons. The van der Waals surface area contributed by atoms with E-state index in [4.69, 9.17) is 5.73 Å². The fourth-order valence-electron chi connectivity index (χ4n) is 2.44. The predicted molar refractivity (Wildman–Crippen MR) is 66.1 cm³/mol. The lowest BCUT2D eigenvalue weighted by atomic mass is 9.89. The van der Waals surface area contributed by atoms with Crippen LogP contribution >= 0.6 is 0 Å². The zero-order valence-corrected chi connectivity index (χ0v) is 10.5. The number of piperidine rings is 1. The Morgan fingerprint density at radius 1 is 1.50 bits per heavy atom. The fraction of sp³-hybridized carbons (Fsp3) is 0.917. The highest BCUT2D eigenvalue weighted by Crippen LogP contribution is 2.24. The molecule has 94 valence electrons. The number of likely N-dealkylation sites (tertiary alicyclic amines) is 1. The van der Waals surface area contributed by atoms with Gasteiger partial charge in [-0.05, 0) is 32.2 Å². The van der Waals surface area contributed by atoms with E-state index in [1.807, 2.05) is 6.92 Å². The molecule has 0 aromatic heterocycles. The molecule has 0 aromatic rings. The van der Waals surface area contributed by atoms with E-state index < -0.39 is 0 Å². The van der Waals surface area contributed by atoms with E-state index in [1.54, 1.807) is 0 Å². The highest BCUT2D eigenvalue weighted by Gasteiger charge is 2.27. The average molecular weight is 227 g/mol. The van der Waals surface area contributed by atoms with Gasteiger partial charge in [0.2, 0.25) is 5.91 Å². The smallest absolute Gasteiger partial charge is 0.234 e. The first kappa shape index (κ1) is 13.5. The van der Waals surface area contributed by atoms with Crippen LogP contribution in [0.2, 0.25) is 0 Å². The molecule has 1 aliphatic heterocycles. The number of amides is 1. The summed E-state index contributed by atoms with van der Waals surface area (Å²) in [4.78, 5) is 13.8. The molecule has 0 spiro atoms. The van der Waals surface area contributed by atoms with Gasteiger partial charge in [0, 0.05) is 19.1 Å². The maximum absolute atomic E-state index is 11.5. The van der Waals surface area contributed by atoms with E-state index in [1.165, 1.54) is 12.8 Å². The van der Waals surface area contributed by atoms with Gasteiger partial charge in [0.25, 0.3) is 0 Å². The Bertz CT molecular complexity index is 220. The third kappa shape index (κ3) is 3.76. The molecule has 4 heteroatoms. The average Bonchev–Trinajstić information content (AvgIpc) is 2.30. The molecule has 0 bridgehead atoms. The van der Waals surface area contributed by atoms with Crippen LogP contribution in [0.25, 0.3) is 0 Å². The number of nitrogens with one attached hydrogen (secondary N) is 1. The Hall–Kier alpha value is -0.610. The first-order chi connectivity index (χ1) is 7.71. The molecule has 1 amide bonds. The van der Waals surface area contributed by atoms with Crippen molar-refractivity contribution >= 4 is 5.91 Å². The third-order valence-electron chi connectivity index (χ3n) is 3.52. The summed E-state index contributed by atoms with van der Waals surface area (Å²) in [5, 5.41) is 2.84. The van der Waals surface area contributed by atoms with Crippen LogP contribution in [0.4, 0.5) is 0 Å². The van der Waals surface area contributed by atoms with E-state index in [0.717, 1.165) is 18.9 Å². The van der Waals surface area contributed by atoms with E-state index >= 15 is 0 Å². The zero-order chi connectivity index (χ0) is 12.0. The van der Waals surface area contributed by atoms with Gasteiger partial charge in [0.05, 0.1) is 6.54 Å². The quantitative estimate of drug-likeness (QED) is 0.722. The summed E-state index contributed by atoms with van der Waals surface area (Å²) in [6.07, 6.45) is 3.57. The minimum Gasteiger partial charge on any atom is -0.355 e.